The van der Waals surface area contributed by atoms with Gasteiger partial charge in [0.1, 0.15) is 6.10 Å². The molecule has 0 aliphatic carbocycles. The van der Waals surface area contributed by atoms with Crippen LogP contribution in [0.5, 0.6) is 0 Å². The van der Waals surface area contributed by atoms with Gasteiger partial charge < -0.3 is 5.11 Å². The van der Waals surface area contributed by atoms with Crippen molar-refractivity contribution < 1.29 is 5.11 Å². The lowest BCUT2D eigenvalue weighted by Gasteiger charge is -2.12. The van der Waals surface area contributed by atoms with Crippen molar-refractivity contribution in [1.29, 1.82) is 0 Å². The topological polar surface area (TPSA) is 33.1 Å². The van der Waals surface area contributed by atoms with E-state index in [1.165, 1.54) is 6.20 Å². The minimum atomic E-state index is -0.727. The smallest absolute Gasteiger partial charge is 0.101 e. The standard InChI is InChI=1S/C13H10Cl2INO/c14-9-6-11(15)13(17-7-9)12(18)5-8-1-3-10(16)4-2-8/h1-4,6-7,12,18H,5H2. The number of rotatable bonds is 3. The molecule has 1 N–H and O–H groups in total. The van der Waals surface area contributed by atoms with Crippen LogP contribution < -0.4 is 0 Å². The Morgan fingerprint density at radius 1 is 1.22 bits per heavy atom. The third-order valence-corrected chi connectivity index (χ3v) is 3.72. The maximum atomic E-state index is 10.1. The number of aliphatic hydroxyl groups is 1. The van der Waals surface area contributed by atoms with Gasteiger partial charge in [-0.3, -0.25) is 4.98 Å². The zero-order valence-electron chi connectivity index (χ0n) is 9.28. The SMILES string of the molecule is OC(Cc1ccc(I)cc1)c1ncc(Cl)cc1Cl. The van der Waals surface area contributed by atoms with Crippen molar-refractivity contribution >= 4 is 45.8 Å². The summed E-state index contributed by atoms with van der Waals surface area (Å²) in [5.74, 6) is 0. The Hall–Kier alpha value is -0.360. The minimum Gasteiger partial charge on any atom is -0.386 e. The van der Waals surface area contributed by atoms with E-state index in [0.29, 0.717) is 22.2 Å². The molecule has 18 heavy (non-hydrogen) atoms. The summed E-state index contributed by atoms with van der Waals surface area (Å²) in [5, 5.41) is 11.0. The zero-order chi connectivity index (χ0) is 13.1. The van der Waals surface area contributed by atoms with Gasteiger partial charge in [0.2, 0.25) is 0 Å². The van der Waals surface area contributed by atoms with E-state index in [2.05, 4.69) is 27.6 Å². The van der Waals surface area contributed by atoms with Gasteiger partial charge in [-0.2, -0.15) is 0 Å². The molecule has 2 rings (SSSR count). The van der Waals surface area contributed by atoms with Gasteiger partial charge in [-0.05, 0) is 46.4 Å². The fraction of sp³-hybridized carbons (Fsp3) is 0.154. The highest BCUT2D eigenvalue weighted by Crippen LogP contribution is 2.26. The van der Waals surface area contributed by atoms with Gasteiger partial charge in [0.15, 0.2) is 0 Å². The Balaban J connectivity index is 2.16. The second-order valence-corrected chi connectivity index (χ2v) is 5.96. The van der Waals surface area contributed by atoms with Crippen molar-refractivity contribution in [3.05, 3.63) is 61.4 Å². The molecule has 0 bridgehead atoms. The highest BCUT2D eigenvalue weighted by Gasteiger charge is 2.14. The van der Waals surface area contributed by atoms with Crippen molar-refractivity contribution in [1.82, 2.24) is 4.98 Å². The molecule has 0 fully saturated rings. The molecule has 1 atom stereocenters. The van der Waals surface area contributed by atoms with Gasteiger partial charge in [0, 0.05) is 16.2 Å². The van der Waals surface area contributed by atoms with Crippen molar-refractivity contribution in [3.8, 4) is 0 Å². The Morgan fingerprint density at radius 2 is 1.89 bits per heavy atom. The lowest BCUT2D eigenvalue weighted by Crippen LogP contribution is -2.05. The Morgan fingerprint density at radius 3 is 2.50 bits per heavy atom. The highest BCUT2D eigenvalue weighted by atomic mass is 127. The molecule has 1 aromatic heterocycles. The molecule has 0 aliphatic rings. The quantitative estimate of drug-likeness (QED) is 0.790. The van der Waals surface area contributed by atoms with Crippen LogP contribution >= 0.6 is 45.8 Å². The second-order valence-electron chi connectivity index (χ2n) is 3.87. The van der Waals surface area contributed by atoms with Crippen LogP contribution in [0.3, 0.4) is 0 Å². The largest absolute Gasteiger partial charge is 0.386 e. The van der Waals surface area contributed by atoms with Crippen molar-refractivity contribution in [2.45, 2.75) is 12.5 Å². The first-order valence-corrected chi connectivity index (χ1v) is 7.13. The first-order valence-electron chi connectivity index (χ1n) is 5.29. The van der Waals surface area contributed by atoms with Crippen LogP contribution in [0.25, 0.3) is 0 Å². The number of aliphatic hydroxyl groups excluding tert-OH is 1. The molecular weight excluding hydrogens is 384 g/mol. The van der Waals surface area contributed by atoms with E-state index in [1.54, 1.807) is 6.07 Å². The van der Waals surface area contributed by atoms with E-state index >= 15 is 0 Å². The molecule has 0 aliphatic heterocycles. The maximum Gasteiger partial charge on any atom is 0.101 e. The average molecular weight is 394 g/mol. The second kappa shape index (κ2) is 6.19. The molecule has 2 nitrogen and oxygen atoms in total. The highest BCUT2D eigenvalue weighted by molar-refractivity contribution is 14.1. The summed E-state index contributed by atoms with van der Waals surface area (Å²) >= 11 is 14.0. The number of hydrogen-bond donors (Lipinski definition) is 1. The number of halogens is 3. The average Bonchev–Trinajstić information content (AvgIpc) is 2.32. The molecule has 5 heteroatoms. The number of aromatic nitrogens is 1. The molecule has 94 valence electrons. The third kappa shape index (κ3) is 3.57. The molecule has 1 heterocycles. The minimum absolute atomic E-state index is 0.389. The summed E-state index contributed by atoms with van der Waals surface area (Å²) < 4.78 is 1.16. The van der Waals surface area contributed by atoms with Crippen LogP contribution in [-0.2, 0) is 6.42 Å². The van der Waals surface area contributed by atoms with Crippen LogP contribution in [0.15, 0.2) is 36.5 Å². The van der Waals surface area contributed by atoms with Crippen LogP contribution in [0.2, 0.25) is 10.0 Å². The molecular formula is C13H10Cl2INO. The first kappa shape index (κ1) is 14.1. The Bertz CT molecular complexity index is 545. The summed E-state index contributed by atoms with van der Waals surface area (Å²) in [4.78, 5) is 4.08. The lowest BCUT2D eigenvalue weighted by molar-refractivity contribution is 0.174. The van der Waals surface area contributed by atoms with Gasteiger partial charge in [0.05, 0.1) is 15.7 Å². The predicted molar refractivity (Wildman–Crippen MR) is 82.1 cm³/mol. The molecule has 0 radical (unpaired) electrons. The van der Waals surface area contributed by atoms with Gasteiger partial charge in [-0.25, -0.2) is 0 Å². The van der Waals surface area contributed by atoms with E-state index in [4.69, 9.17) is 23.2 Å². The summed E-state index contributed by atoms with van der Waals surface area (Å²) in [5.41, 5.74) is 1.50. The Kier molecular flexibility index (Phi) is 4.84. The van der Waals surface area contributed by atoms with Crippen LogP contribution in [0, 0.1) is 3.57 Å². The van der Waals surface area contributed by atoms with Gasteiger partial charge in [-0.15, -0.1) is 0 Å². The van der Waals surface area contributed by atoms with Crippen LogP contribution in [-0.4, -0.2) is 10.1 Å². The lowest BCUT2D eigenvalue weighted by atomic mass is 10.1. The number of hydrogen-bond acceptors (Lipinski definition) is 2. The van der Waals surface area contributed by atoms with Crippen molar-refractivity contribution in [2.24, 2.45) is 0 Å². The van der Waals surface area contributed by atoms with Crippen molar-refractivity contribution in [3.63, 3.8) is 0 Å². The summed E-state index contributed by atoms with van der Waals surface area (Å²) in [6.07, 6.45) is 1.24. The van der Waals surface area contributed by atoms with Crippen molar-refractivity contribution in [2.75, 3.05) is 0 Å². The summed E-state index contributed by atoms with van der Waals surface area (Å²) in [6.45, 7) is 0. The Labute approximate surface area is 129 Å². The molecule has 2 aromatic rings. The predicted octanol–water partition coefficient (Wildman–Crippen LogP) is 4.27. The van der Waals surface area contributed by atoms with Gasteiger partial charge in [-0.1, -0.05) is 35.3 Å². The third-order valence-electron chi connectivity index (χ3n) is 2.49. The summed E-state index contributed by atoms with van der Waals surface area (Å²) in [7, 11) is 0. The van der Waals surface area contributed by atoms with E-state index in [0.717, 1.165) is 9.13 Å². The van der Waals surface area contributed by atoms with E-state index in [9.17, 15) is 5.11 Å². The van der Waals surface area contributed by atoms with Gasteiger partial charge in [0.25, 0.3) is 0 Å². The fourth-order valence-corrected chi connectivity index (χ4v) is 2.48. The number of nitrogens with zero attached hydrogens (tertiary/aromatic N) is 1. The maximum absolute atomic E-state index is 10.1. The van der Waals surface area contributed by atoms with E-state index in [1.807, 2.05) is 24.3 Å². The van der Waals surface area contributed by atoms with E-state index in [-0.39, 0.29) is 0 Å². The van der Waals surface area contributed by atoms with Crippen LogP contribution in [0.1, 0.15) is 17.4 Å². The molecule has 0 saturated carbocycles. The molecule has 1 aromatic carbocycles. The fourth-order valence-electron chi connectivity index (χ4n) is 1.61. The first-order chi connectivity index (χ1) is 8.56. The summed E-state index contributed by atoms with van der Waals surface area (Å²) in [6, 6.07) is 9.55. The molecule has 0 saturated heterocycles. The zero-order valence-corrected chi connectivity index (χ0v) is 12.9. The number of benzene rings is 1. The van der Waals surface area contributed by atoms with Gasteiger partial charge >= 0.3 is 0 Å². The normalized spacial score (nSPS) is 12.4. The monoisotopic (exact) mass is 393 g/mol. The molecule has 0 amide bonds. The molecule has 0 spiro atoms. The van der Waals surface area contributed by atoms with E-state index < -0.39 is 6.10 Å². The van der Waals surface area contributed by atoms with Crippen LogP contribution in [0.4, 0.5) is 0 Å². The molecule has 1 unspecified atom stereocenters. The number of pyridine rings is 1.